The van der Waals surface area contributed by atoms with Gasteiger partial charge in [0.25, 0.3) is 0 Å². The summed E-state index contributed by atoms with van der Waals surface area (Å²) in [6.07, 6.45) is 8.91. The largest absolute Gasteiger partial charge is 0.413 e. The van der Waals surface area contributed by atoms with E-state index in [4.69, 9.17) is 4.43 Å². The van der Waals surface area contributed by atoms with Gasteiger partial charge in [0.1, 0.15) is 5.78 Å². The van der Waals surface area contributed by atoms with Crippen molar-refractivity contribution in [3.8, 4) is 0 Å². The van der Waals surface area contributed by atoms with Crippen molar-refractivity contribution in [3.63, 3.8) is 0 Å². The van der Waals surface area contributed by atoms with Crippen molar-refractivity contribution in [1.82, 2.24) is 5.32 Å². The van der Waals surface area contributed by atoms with Gasteiger partial charge < -0.3 is 9.74 Å². The summed E-state index contributed by atoms with van der Waals surface area (Å²) in [5.41, 5.74) is 0. The summed E-state index contributed by atoms with van der Waals surface area (Å²) < 4.78 is 6.87. The van der Waals surface area contributed by atoms with Crippen LogP contribution in [-0.2, 0) is 14.0 Å². The molecule has 182 valence electrons. The smallest absolute Gasteiger partial charge is 0.226 e. The topological polar surface area (TPSA) is 55.4 Å². The monoisotopic (exact) mass is 453 g/mol. The van der Waals surface area contributed by atoms with E-state index in [2.05, 4.69) is 53.0 Å². The van der Waals surface area contributed by atoms with Crippen molar-refractivity contribution in [2.24, 2.45) is 23.7 Å². The predicted octanol–water partition coefficient (Wildman–Crippen LogP) is 6.74. The normalized spacial score (nSPS) is 29.0. The highest BCUT2D eigenvalue weighted by atomic mass is 28.4. The predicted molar refractivity (Wildman–Crippen MR) is 134 cm³/mol. The van der Waals surface area contributed by atoms with Gasteiger partial charge in [0, 0.05) is 12.5 Å². The Morgan fingerprint density at radius 1 is 1.13 bits per heavy atom. The van der Waals surface area contributed by atoms with Crippen LogP contribution >= 0.6 is 0 Å². The molecule has 0 bridgehead atoms. The molecule has 31 heavy (non-hydrogen) atoms. The number of carbonyl (C=O) groups excluding carboxylic acids is 2. The molecule has 1 aliphatic rings. The number of hydrogen-bond acceptors (Lipinski definition) is 3. The molecular weight excluding hydrogens is 402 g/mol. The molecule has 0 spiro atoms. The van der Waals surface area contributed by atoms with E-state index >= 15 is 0 Å². The van der Waals surface area contributed by atoms with Gasteiger partial charge in [-0.05, 0) is 62.6 Å². The molecule has 4 nitrogen and oxygen atoms in total. The molecular formula is C26H51NO3Si. The number of Topliss-reactive ketones (excluding diaryl/α,β-unsaturated/α-hetero) is 1. The van der Waals surface area contributed by atoms with Crippen LogP contribution in [0.4, 0.5) is 0 Å². The third kappa shape index (κ3) is 8.99. The molecule has 1 N–H and O–H groups in total. The van der Waals surface area contributed by atoms with Crippen molar-refractivity contribution in [1.29, 1.82) is 0 Å². The molecule has 0 unspecified atom stereocenters. The van der Waals surface area contributed by atoms with Gasteiger partial charge in [0.2, 0.25) is 5.91 Å². The Labute approximate surface area is 193 Å². The number of nitrogens with one attached hydrogen (secondary N) is 1. The lowest BCUT2D eigenvalue weighted by molar-refractivity contribution is -0.136. The Hall–Kier alpha value is -0.683. The van der Waals surface area contributed by atoms with Crippen LogP contribution in [0, 0.1) is 23.7 Å². The molecule has 0 aromatic rings. The molecule has 1 aliphatic heterocycles. The van der Waals surface area contributed by atoms with Gasteiger partial charge in [-0.3, -0.25) is 9.59 Å². The highest BCUT2D eigenvalue weighted by Crippen LogP contribution is 2.40. The summed E-state index contributed by atoms with van der Waals surface area (Å²) in [6.45, 7) is 20.0. The lowest BCUT2D eigenvalue weighted by atomic mass is 9.82. The maximum absolute atomic E-state index is 13.4. The van der Waals surface area contributed by atoms with Crippen molar-refractivity contribution in [2.75, 3.05) is 6.54 Å². The SMILES string of the molecule is CC[C@@H]1CCCNC(=O)[C@H]([C@@H](C)C(C)=O)[C@@H](O[Si](C)(C)C(C)(C)C)CC[C@H](C)CCC1. The summed E-state index contributed by atoms with van der Waals surface area (Å²) in [7, 11) is -2.08. The Morgan fingerprint density at radius 2 is 1.74 bits per heavy atom. The van der Waals surface area contributed by atoms with Crippen molar-refractivity contribution in [3.05, 3.63) is 0 Å². The molecule has 0 aliphatic carbocycles. The van der Waals surface area contributed by atoms with Gasteiger partial charge in [-0.2, -0.15) is 0 Å². The minimum absolute atomic E-state index is 0.00386. The van der Waals surface area contributed by atoms with E-state index in [1.54, 1.807) is 6.92 Å². The van der Waals surface area contributed by atoms with Gasteiger partial charge in [0.15, 0.2) is 8.32 Å². The van der Waals surface area contributed by atoms with Gasteiger partial charge in [-0.15, -0.1) is 0 Å². The Morgan fingerprint density at radius 3 is 2.29 bits per heavy atom. The summed E-state index contributed by atoms with van der Waals surface area (Å²) in [4.78, 5) is 25.8. The molecule has 0 aromatic carbocycles. The second-order valence-electron chi connectivity index (χ2n) is 11.7. The van der Waals surface area contributed by atoms with Crippen molar-refractivity contribution >= 4 is 20.0 Å². The highest BCUT2D eigenvalue weighted by Gasteiger charge is 2.44. The average Bonchev–Trinajstić information content (AvgIpc) is 2.66. The highest BCUT2D eigenvalue weighted by molar-refractivity contribution is 6.74. The summed E-state index contributed by atoms with van der Waals surface area (Å²) in [5.74, 6) is 0.703. The number of ketones is 1. The van der Waals surface area contributed by atoms with Crippen LogP contribution < -0.4 is 5.32 Å². The van der Waals surface area contributed by atoms with Crippen LogP contribution in [0.5, 0.6) is 0 Å². The lowest BCUT2D eigenvalue weighted by Gasteiger charge is -2.42. The summed E-state index contributed by atoms with van der Waals surface area (Å²) in [5, 5.41) is 3.24. The molecule has 1 rings (SSSR count). The van der Waals surface area contributed by atoms with Gasteiger partial charge in [-0.1, -0.05) is 67.2 Å². The van der Waals surface area contributed by atoms with Crippen LogP contribution in [0.15, 0.2) is 0 Å². The van der Waals surface area contributed by atoms with Crippen LogP contribution in [0.3, 0.4) is 0 Å². The quantitative estimate of drug-likeness (QED) is 0.469. The zero-order chi connectivity index (χ0) is 23.8. The van der Waals surface area contributed by atoms with E-state index in [0.717, 1.165) is 25.2 Å². The summed E-state index contributed by atoms with van der Waals surface area (Å²) in [6, 6.07) is 0. The fraction of sp³-hybridized carbons (Fsp3) is 0.923. The second kappa shape index (κ2) is 12.5. The van der Waals surface area contributed by atoms with Crippen LogP contribution in [0.25, 0.3) is 0 Å². The van der Waals surface area contributed by atoms with E-state index in [1.165, 1.54) is 32.1 Å². The van der Waals surface area contributed by atoms with Gasteiger partial charge in [-0.25, -0.2) is 0 Å². The zero-order valence-electron chi connectivity index (χ0n) is 22.0. The third-order valence-corrected chi connectivity index (χ3v) is 12.6. The molecule has 5 atom stereocenters. The van der Waals surface area contributed by atoms with Crippen molar-refractivity contribution < 1.29 is 14.0 Å². The molecule has 1 amide bonds. The molecule has 0 aromatic heterocycles. The number of amides is 1. The number of rotatable bonds is 5. The minimum Gasteiger partial charge on any atom is -0.413 e. The van der Waals surface area contributed by atoms with E-state index in [1.807, 2.05) is 6.92 Å². The van der Waals surface area contributed by atoms with Crippen LogP contribution in [0.1, 0.15) is 99.8 Å². The summed E-state index contributed by atoms with van der Waals surface area (Å²) >= 11 is 0. The molecule has 0 radical (unpaired) electrons. The minimum atomic E-state index is -2.08. The maximum Gasteiger partial charge on any atom is 0.226 e. The Balaban J connectivity index is 3.19. The first-order valence-electron chi connectivity index (χ1n) is 12.8. The van der Waals surface area contributed by atoms with E-state index < -0.39 is 14.2 Å². The standard InChI is InChI=1S/C26H51NO3Si/c1-10-22-14-11-13-19(2)16-17-23(30-31(8,9)26(5,6)7)24(20(3)21(4)28)25(29)27-18-12-15-22/h19-20,22-24H,10-18H2,1-9H3,(H,27,29)/t19-,20+,22+,23+,24-/m1/s1. The first kappa shape index (κ1) is 28.3. The number of carbonyl (C=O) groups is 2. The molecule has 1 saturated heterocycles. The van der Waals surface area contributed by atoms with E-state index in [9.17, 15) is 9.59 Å². The molecule has 0 saturated carbocycles. The second-order valence-corrected chi connectivity index (χ2v) is 16.4. The first-order valence-corrected chi connectivity index (χ1v) is 15.7. The number of hydrogen-bond donors (Lipinski definition) is 1. The Bertz CT molecular complexity index is 569. The molecule has 5 heteroatoms. The third-order valence-electron chi connectivity index (χ3n) is 8.05. The zero-order valence-corrected chi connectivity index (χ0v) is 23.0. The average molecular weight is 454 g/mol. The van der Waals surface area contributed by atoms with E-state index in [0.29, 0.717) is 12.5 Å². The molecule has 1 fully saturated rings. The molecule has 1 heterocycles. The maximum atomic E-state index is 13.4. The van der Waals surface area contributed by atoms with Gasteiger partial charge >= 0.3 is 0 Å². The lowest BCUT2D eigenvalue weighted by Crippen LogP contribution is -2.51. The Kier molecular flexibility index (Phi) is 11.5. The first-order chi connectivity index (χ1) is 14.3. The fourth-order valence-electron chi connectivity index (χ4n) is 4.46. The van der Waals surface area contributed by atoms with E-state index in [-0.39, 0.29) is 28.8 Å². The van der Waals surface area contributed by atoms with Crippen LogP contribution in [-0.4, -0.2) is 32.7 Å². The van der Waals surface area contributed by atoms with Crippen molar-refractivity contribution in [2.45, 2.75) is 124 Å². The fourth-order valence-corrected chi connectivity index (χ4v) is 5.83. The van der Waals surface area contributed by atoms with Gasteiger partial charge in [0.05, 0.1) is 12.0 Å². The van der Waals surface area contributed by atoms with Crippen LogP contribution in [0.2, 0.25) is 18.1 Å².